The van der Waals surface area contributed by atoms with Crippen molar-refractivity contribution in [1.29, 1.82) is 0 Å². The van der Waals surface area contributed by atoms with E-state index in [0.29, 0.717) is 11.3 Å². The van der Waals surface area contributed by atoms with Gasteiger partial charge in [-0.1, -0.05) is 30.5 Å². The van der Waals surface area contributed by atoms with Crippen LogP contribution in [0.15, 0.2) is 47.4 Å². The van der Waals surface area contributed by atoms with Gasteiger partial charge >= 0.3 is 12.1 Å². The molecule has 1 saturated carbocycles. The Kier molecular flexibility index (Phi) is 9.60. The van der Waals surface area contributed by atoms with Crippen LogP contribution in [-0.2, 0) is 14.8 Å². The van der Waals surface area contributed by atoms with Crippen LogP contribution in [-0.4, -0.2) is 63.8 Å². The number of aryl methyl sites for hydroxylation is 1. The minimum atomic E-state index is -5.08. The lowest BCUT2D eigenvalue weighted by atomic mass is 10.1. The number of aliphatic carboxylic acids is 1. The molecule has 0 bridgehead atoms. The van der Waals surface area contributed by atoms with Crippen LogP contribution in [0.5, 0.6) is 0 Å². The molecule has 0 spiro atoms. The molecule has 1 amide bonds. The number of carboxylic acid groups (broad SMARTS) is 1. The summed E-state index contributed by atoms with van der Waals surface area (Å²) in [5.74, 6) is -2.91. The van der Waals surface area contributed by atoms with Gasteiger partial charge in [0.2, 0.25) is 0 Å². The predicted molar refractivity (Wildman–Crippen MR) is 137 cm³/mol. The fourth-order valence-electron chi connectivity index (χ4n) is 4.20. The molecule has 2 aliphatic rings. The Bertz CT molecular complexity index is 1220. The summed E-state index contributed by atoms with van der Waals surface area (Å²) in [4.78, 5) is 24.0. The maximum atomic E-state index is 13.1. The number of rotatable bonds is 6. The SMILES string of the molecule is Cc1ccc(S(=O)(=O)Nc2cc(C(=O)NC3CCCC3)ccc2N2CCNCC2)cc1.O=C(O)C(F)(F)F. The molecule has 1 aliphatic carbocycles. The van der Waals surface area contributed by atoms with Crippen LogP contribution in [0.2, 0.25) is 0 Å². The average Bonchev–Trinajstić information content (AvgIpc) is 3.37. The fourth-order valence-corrected chi connectivity index (χ4v) is 5.27. The highest BCUT2D eigenvalue weighted by molar-refractivity contribution is 7.92. The van der Waals surface area contributed by atoms with Gasteiger partial charge in [-0.05, 0) is 50.1 Å². The number of carboxylic acids is 1. The second kappa shape index (κ2) is 12.5. The molecule has 1 heterocycles. The predicted octanol–water partition coefficient (Wildman–Crippen LogP) is 3.51. The number of sulfonamides is 1. The average molecular weight is 557 g/mol. The second-order valence-electron chi connectivity index (χ2n) is 9.15. The largest absolute Gasteiger partial charge is 0.490 e. The van der Waals surface area contributed by atoms with Crippen molar-refractivity contribution < 1.29 is 36.3 Å². The standard InChI is InChI=1S/C23H30N4O3S.C2HF3O2/c1-17-6-9-20(10-7-17)31(29,30)26-21-16-18(23(28)25-19-4-2-3-5-19)8-11-22(21)27-14-12-24-13-15-27;3-2(4,5)1(6)7/h6-11,16,19,24,26H,2-5,12-15H2,1H3,(H,25,28);(H,6,7). The van der Waals surface area contributed by atoms with E-state index in [2.05, 4.69) is 20.3 Å². The summed E-state index contributed by atoms with van der Waals surface area (Å²) in [6, 6.07) is 12.2. The van der Waals surface area contributed by atoms with Gasteiger partial charge in [-0.3, -0.25) is 9.52 Å². The zero-order valence-electron chi connectivity index (χ0n) is 20.8. The van der Waals surface area contributed by atoms with Gasteiger partial charge in [-0.2, -0.15) is 13.2 Å². The maximum Gasteiger partial charge on any atom is 0.490 e. The highest BCUT2D eigenvalue weighted by Gasteiger charge is 2.38. The molecule has 38 heavy (non-hydrogen) atoms. The van der Waals surface area contributed by atoms with Gasteiger partial charge < -0.3 is 20.6 Å². The molecular formula is C25H31F3N4O5S. The van der Waals surface area contributed by atoms with Crippen molar-refractivity contribution in [3.8, 4) is 0 Å². The van der Waals surface area contributed by atoms with Crippen LogP contribution < -0.4 is 20.3 Å². The lowest BCUT2D eigenvalue weighted by molar-refractivity contribution is -0.192. The van der Waals surface area contributed by atoms with Crippen molar-refractivity contribution in [2.24, 2.45) is 0 Å². The summed E-state index contributed by atoms with van der Waals surface area (Å²) in [5, 5.41) is 13.5. The number of carbonyl (C=O) groups is 2. The number of alkyl halides is 3. The summed E-state index contributed by atoms with van der Waals surface area (Å²) in [6.07, 6.45) is -0.821. The summed E-state index contributed by atoms with van der Waals surface area (Å²) in [7, 11) is -3.78. The molecular weight excluding hydrogens is 525 g/mol. The van der Waals surface area contributed by atoms with Gasteiger partial charge in [0, 0.05) is 37.8 Å². The number of hydrogen-bond acceptors (Lipinski definition) is 6. The normalized spacial score (nSPS) is 16.4. The van der Waals surface area contributed by atoms with Crippen LogP contribution in [0.1, 0.15) is 41.6 Å². The van der Waals surface area contributed by atoms with E-state index in [1.807, 2.05) is 13.0 Å². The molecule has 9 nitrogen and oxygen atoms in total. The number of benzene rings is 2. The third kappa shape index (κ3) is 8.09. The first kappa shape index (κ1) is 29.2. The zero-order valence-corrected chi connectivity index (χ0v) is 21.7. The van der Waals surface area contributed by atoms with Crippen molar-refractivity contribution in [2.45, 2.75) is 49.7 Å². The first-order valence-corrected chi connectivity index (χ1v) is 13.7. The van der Waals surface area contributed by atoms with E-state index in [9.17, 15) is 26.4 Å². The topological polar surface area (TPSA) is 128 Å². The number of hydrogen-bond donors (Lipinski definition) is 4. The van der Waals surface area contributed by atoms with Crippen molar-refractivity contribution in [3.05, 3.63) is 53.6 Å². The number of amides is 1. The van der Waals surface area contributed by atoms with Gasteiger partial charge in [0.15, 0.2) is 0 Å². The smallest absolute Gasteiger partial charge is 0.475 e. The molecule has 208 valence electrons. The van der Waals surface area contributed by atoms with Gasteiger partial charge in [-0.25, -0.2) is 13.2 Å². The van der Waals surface area contributed by atoms with E-state index in [1.165, 1.54) is 0 Å². The Balaban J connectivity index is 0.000000505. The third-order valence-corrected chi connectivity index (χ3v) is 7.61. The Morgan fingerprint density at radius 1 is 1.03 bits per heavy atom. The number of carbonyl (C=O) groups excluding carboxylic acids is 1. The first-order valence-electron chi connectivity index (χ1n) is 12.2. The van der Waals surface area contributed by atoms with Crippen LogP contribution in [0.3, 0.4) is 0 Å². The first-order chi connectivity index (χ1) is 17.9. The third-order valence-electron chi connectivity index (χ3n) is 6.22. The Morgan fingerprint density at radius 2 is 1.61 bits per heavy atom. The molecule has 4 N–H and O–H groups in total. The van der Waals surface area contributed by atoms with Crippen LogP contribution in [0, 0.1) is 6.92 Å². The fraction of sp³-hybridized carbons (Fsp3) is 0.440. The zero-order chi connectivity index (χ0) is 27.9. The molecule has 13 heteroatoms. The molecule has 0 unspecified atom stereocenters. The number of nitrogens with zero attached hydrogens (tertiary/aromatic N) is 1. The van der Waals surface area contributed by atoms with E-state index >= 15 is 0 Å². The number of nitrogens with one attached hydrogen (secondary N) is 3. The monoisotopic (exact) mass is 556 g/mol. The molecule has 2 aromatic rings. The molecule has 0 radical (unpaired) electrons. The van der Waals surface area contributed by atoms with Crippen molar-refractivity contribution in [3.63, 3.8) is 0 Å². The molecule has 0 atom stereocenters. The quantitative estimate of drug-likeness (QED) is 0.429. The maximum absolute atomic E-state index is 13.1. The molecule has 1 saturated heterocycles. The lowest BCUT2D eigenvalue weighted by Gasteiger charge is -2.31. The number of piperazine rings is 1. The van der Waals surface area contributed by atoms with Crippen LogP contribution in [0.25, 0.3) is 0 Å². The molecule has 0 aromatic heterocycles. The van der Waals surface area contributed by atoms with E-state index in [4.69, 9.17) is 9.90 Å². The van der Waals surface area contributed by atoms with Crippen LogP contribution in [0.4, 0.5) is 24.5 Å². The minimum absolute atomic E-state index is 0.158. The summed E-state index contributed by atoms with van der Waals surface area (Å²) in [6.45, 7) is 5.11. The van der Waals surface area contributed by atoms with Gasteiger partial charge in [0.25, 0.3) is 15.9 Å². The van der Waals surface area contributed by atoms with Gasteiger partial charge in [0.1, 0.15) is 0 Å². The van der Waals surface area contributed by atoms with E-state index in [0.717, 1.165) is 63.1 Å². The molecule has 2 aromatic carbocycles. The molecule has 1 aliphatic heterocycles. The molecule has 2 fully saturated rings. The highest BCUT2D eigenvalue weighted by Crippen LogP contribution is 2.30. The molecule has 4 rings (SSSR count). The second-order valence-corrected chi connectivity index (χ2v) is 10.8. The Morgan fingerprint density at radius 3 is 2.16 bits per heavy atom. The summed E-state index contributed by atoms with van der Waals surface area (Å²) in [5.41, 5.74) is 2.68. The highest BCUT2D eigenvalue weighted by atomic mass is 32.2. The lowest BCUT2D eigenvalue weighted by Crippen LogP contribution is -2.43. The van der Waals surface area contributed by atoms with Crippen molar-refractivity contribution >= 4 is 33.3 Å². The van der Waals surface area contributed by atoms with Crippen LogP contribution >= 0.6 is 0 Å². The number of halogens is 3. The Labute approximate surface area is 219 Å². The van der Waals surface area contributed by atoms with Crippen molar-refractivity contribution in [1.82, 2.24) is 10.6 Å². The van der Waals surface area contributed by atoms with E-state index < -0.39 is 22.2 Å². The Hall–Kier alpha value is -3.32. The van der Waals surface area contributed by atoms with Crippen molar-refractivity contribution in [2.75, 3.05) is 35.8 Å². The van der Waals surface area contributed by atoms with E-state index in [1.54, 1.807) is 36.4 Å². The minimum Gasteiger partial charge on any atom is -0.475 e. The van der Waals surface area contributed by atoms with E-state index in [-0.39, 0.29) is 16.8 Å². The van der Waals surface area contributed by atoms with Gasteiger partial charge in [-0.15, -0.1) is 0 Å². The summed E-state index contributed by atoms with van der Waals surface area (Å²) >= 11 is 0. The van der Waals surface area contributed by atoms with Gasteiger partial charge in [0.05, 0.1) is 16.3 Å². The summed E-state index contributed by atoms with van der Waals surface area (Å²) < 4.78 is 60.6. The number of anilines is 2.